The molecule has 0 saturated carbocycles. The van der Waals surface area contributed by atoms with E-state index in [1.807, 2.05) is 0 Å². The minimum absolute atomic E-state index is 0.0347. The topological polar surface area (TPSA) is 70.2 Å². The summed E-state index contributed by atoms with van der Waals surface area (Å²) in [5.74, 6) is -0.386. The number of hydrogen-bond donors (Lipinski definition) is 0. The lowest BCUT2D eigenvalue weighted by atomic mass is 10.1. The van der Waals surface area contributed by atoms with E-state index in [9.17, 15) is 14.4 Å². The van der Waals surface area contributed by atoms with Crippen molar-refractivity contribution in [1.82, 2.24) is 14.7 Å². The summed E-state index contributed by atoms with van der Waals surface area (Å²) >= 11 is 0. The molecule has 0 spiro atoms. The molecule has 7 nitrogen and oxygen atoms in total. The van der Waals surface area contributed by atoms with Crippen LogP contribution in [-0.4, -0.2) is 79.5 Å². The molecule has 1 saturated heterocycles. The minimum Gasteiger partial charge on any atom is -0.446 e. The summed E-state index contributed by atoms with van der Waals surface area (Å²) in [5.41, 5.74) is 0. The van der Waals surface area contributed by atoms with Gasteiger partial charge in [-0.2, -0.15) is 0 Å². The Hall–Kier alpha value is -2.05. The molecule has 7 heteroatoms. The van der Waals surface area contributed by atoms with Crippen LogP contribution in [0, 0.1) is 0 Å². The highest BCUT2D eigenvalue weighted by Crippen LogP contribution is 2.15. The quantitative estimate of drug-likeness (QED) is 0.701. The van der Waals surface area contributed by atoms with Crippen molar-refractivity contribution in [2.75, 3.05) is 40.8 Å². The first kappa shape index (κ1) is 17.0. The van der Waals surface area contributed by atoms with E-state index in [0.29, 0.717) is 25.9 Å². The second-order valence-electron chi connectivity index (χ2n) is 5.26. The van der Waals surface area contributed by atoms with E-state index in [1.165, 1.54) is 15.9 Å². The normalized spacial score (nSPS) is 15.3. The van der Waals surface area contributed by atoms with E-state index in [4.69, 9.17) is 4.74 Å². The van der Waals surface area contributed by atoms with E-state index >= 15 is 0 Å². The van der Waals surface area contributed by atoms with Gasteiger partial charge in [-0.15, -0.1) is 0 Å². The molecule has 1 aliphatic rings. The summed E-state index contributed by atoms with van der Waals surface area (Å²) < 4.78 is 5.29. The van der Waals surface area contributed by atoms with Gasteiger partial charge in [-0.25, -0.2) is 4.79 Å². The predicted octanol–water partition coefficient (Wildman–Crippen LogP) is 0.320. The maximum Gasteiger partial charge on any atom is 0.409 e. The Kier molecular flexibility index (Phi) is 6.20. The maximum atomic E-state index is 12.0. The van der Waals surface area contributed by atoms with Crippen LogP contribution in [0.4, 0.5) is 4.79 Å². The van der Waals surface area contributed by atoms with Gasteiger partial charge >= 0.3 is 6.09 Å². The van der Waals surface area contributed by atoms with Crippen molar-refractivity contribution >= 4 is 17.9 Å². The third-order valence-corrected chi connectivity index (χ3v) is 3.35. The van der Waals surface area contributed by atoms with Crippen LogP contribution in [0.25, 0.3) is 0 Å². The zero-order valence-electron chi connectivity index (χ0n) is 12.9. The van der Waals surface area contributed by atoms with Gasteiger partial charge in [0.05, 0.1) is 6.54 Å². The standard InChI is InChI=1S/C14H23N3O4/c1-5-12(18)16(4)10-13(19)17-8-6-11(7-9-17)21-14(20)15(2)3/h5,11H,1,6-10H2,2-4H3. The van der Waals surface area contributed by atoms with E-state index in [0.717, 1.165) is 0 Å². The molecule has 3 amide bonds. The Balaban J connectivity index is 2.38. The first-order chi connectivity index (χ1) is 9.85. The molecule has 0 radical (unpaired) electrons. The smallest absolute Gasteiger partial charge is 0.409 e. The monoisotopic (exact) mass is 297 g/mol. The molecule has 0 aliphatic carbocycles. The van der Waals surface area contributed by atoms with E-state index in [1.54, 1.807) is 26.0 Å². The van der Waals surface area contributed by atoms with E-state index < -0.39 is 0 Å². The van der Waals surface area contributed by atoms with Gasteiger partial charge in [0.1, 0.15) is 6.10 Å². The summed E-state index contributed by atoms with van der Waals surface area (Å²) in [4.78, 5) is 39.2. The van der Waals surface area contributed by atoms with Gasteiger partial charge < -0.3 is 19.4 Å². The van der Waals surface area contributed by atoms with Gasteiger partial charge in [0.25, 0.3) is 0 Å². The van der Waals surface area contributed by atoms with Crippen molar-refractivity contribution in [2.45, 2.75) is 18.9 Å². The average Bonchev–Trinajstić information content (AvgIpc) is 2.46. The van der Waals surface area contributed by atoms with Gasteiger partial charge in [-0.05, 0) is 6.08 Å². The lowest BCUT2D eigenvalue weighted by molar-refractivity contribution is -0.138. The number of nitrogens with zero attached hydrogens (tertiary/aromatic N) is 3. The zero-order valence-corrected chi connectivity index (χ0v) is 12.9. The highest BCUT2D eigenvalue weighted by Gasteiger charge is 2.26. The average molecular weight is 297 g/mol. The molecule has 0 N–H and O–H groups in total. The molecule has 21 heavy (non-hydrogen) atoms. The van der Waals surface area contributed by atoms with Crippen molar-refractivity contribution in [3.05, 3.63) is 12.7 Å². The number of carbonyl (C=O) groups is 3. The van der Waals surface area contributed by atoms with Gasteiger partial charge in [-0.3, -0.25) is 9.59 Å². The molecule has 0 unspecified atom stereocenters. The number of likely N-dealkylation sites (tertiary alicyclic amines) is 1. The number of carbonyl (C=O) groups excluding carboxylic acids is 3. The van der Waals surface area contributed by atoms with Crippen LogP contribution in [0.1, 0.15) is 12.8 Å². The molecule has 0 aromatic heterocycles. The van der Waals surface area contributed by atoms with Crippen molar-refractivity contribution in [1.29, 1.82) is 0 Å². The molecular weight excluding hydrogens is 274 g/mol. The predicted molar refractivity (Wildman–Crippen MR) is 77.6 cm³/mol. The maximum absolute atomic E-state index is 12.0. The Labute approximate surface area is 125 Å². The van der Waals surface area contributed by atoms with Crippen LogP contribution in [-0.2, 0) is 14.3 Å². The highest BCUT2D eigenvalue weighted by atomic mass is 16.6. The number of piperidine rings is 1. The summed E-state index contributed by atoms with van der Waals surface area (Å²) in [7, 11) is 4.83. The van der Waals surface area contributed by atoms with Crippen molar-refractivity contribution < 1.29 is 19.1 Å². The number of likely N-dealkylation sites (N-methyl/N-ethyl adjacent to an activating group) is 1. The van der Waals surface area contributed by atoms with Gasteiger partial charge in [-0.1, -0.05) is 6.58 Å². The lowest BCUT2D eigenvalue weighted by Gasteiger charge is -2.33. The van der Waals surface area contributed by atoms with Crippen LogP contribution < -0.4 is 0 Å². The number of amides is 3. The Morgan fingerprint density at radius 3 is 2.29 bits per heavy atom. The van der Waals surface area contributed by atoms with Crippen LogP contribution >= 0.6 is 0 Å². The second kappa shape index (κ2) is 7.66. The SMILES string of the molecule is C=CC(=O)N(C)CC(=O)N1CCC(OC(=O)N(C)C)CC1. The fourth-order valence-corrected chi connectivity index (χ4v) is 2.01. The summed E-state index contributed by atoms with van der Waals surface area (Å²) in [6.07, 6.45) is 1.89. The molecule has 1 rings (SSSR count). The molecule has 0 bridgehead atoms. The molecular formula is C14H23N3O4. The molecule has 0 atom stereocenters. The van der Waals surface area contributed by atoms with Crippen LogP contribution in [0.3, 0.4) is 0 Å². The van der Waals surface area contributed by atoms with E-state index in [2.05, 4.69) is 6.58 Å². The van der Waals surface area contributed by atoms with Crippen LogP contribution in [0.5, 0.6) is 0 Å². The fourth-order valence-electron chi connectivity index (χ4n) is 2.01. The second-order valence-corrected chi connectivity index (χ2v) is 5.26. The molecule has 1 aliphatic heterocycles. The largest absolute Gasteiger partial charge is 0.446 e. The Morgan fingerprint density at radius 1 is 1.24 bits per heavy atom. The molecule has 118 valence electrons. The van der Waals surface area contributed by atoms with Crippen molar-refractivity contribution in [3.8, 4) is 0 Å². The van der Waals surface area contributed by atoms with Gasteiger partial charge in [0.15, 0.2) is 0 Å². The summed E-state index contributed by atoms with van der Waals surface area (Å²) in [5, 5.41) is 0. The Bertz CT molecular complexity index is 414. The van der Waals surface area contributed by atoms with Crippen LogP contribution in [0.2, 0.25) is 0 Å². The van der Waals surface area contributed by atoms with Crippen LogP contribution in [0.15, 0.2) is 12.7 Å². The summed E-state index contributed by atoms with van der Waals surface area (Å²) in [6, 6.07) is 0. The Morgan fingerprint density at radius 2 is 1.81 bits per heavy atom. The molecule has 0 aromatic carbocycles. The van der Waals surface area contributed by atoms with Crippen molar-refractivity contribution in [2.24, 2.45) is 0 Å². The lowest BCUT2D eigenvalue weighted by Crippen LogP contribution is -2.46. The molecule has 1 fully saturated rings. The van der Waals surface area contributed by atoms with Gasteiger partial charge in [0, 0.05) is 47.1 Å². The van der Waals surface area contributed by atoms with Crippen molar-refractivity contribution in [3.63, 3.8) is 0 Å². The number of ether oxygens (including phenoxy) is 1. The third-order valence-electron chi connectivity index (χ3n) is 3.35. The van der Waals surface area contributed by atoms with Gasteiger partial charge in [0.2, 0.25) is 11.8 Å². The fraction of sp³-hybridized carbons (Fsp3) is 0.643. The molecule has 1 heterocycles. The summed E-state index contributed by atoms with van der Waals surface area (Å²) in [6.45, 7) is 4.48. The zero-order chi connectivity index (χ0) is 16.0. The first-order valence-electron chi connectivity index (χ1n) is 6.88. The number of hydrogen-bond acceptors (Lipinski definition) is 4. The van der Waals surface area contributed by atoms with E-state index in [-0.39, 0.29) is 30.6 Å². The number of rotatable bonds is 4. The first-order valence-corrected chi connectivity index (χ1v) is 6.88. The highest BCUT2D eigenvalue weighted by molar-refractivity contribution is 5.90. The molecule has 0 aromatic rings. The minimum atomic E-state index is -0.365. The third kappa shape index (κ3) is 5.09.